The molecule has 8 heteroatoms. The second kappa shape index (κ2) is 10.4. The minimum atomic E-state index is -0.663. The van der Waals surface area contributed by atoms with Gasteiger partial charge in [-0.1, -0.05) is 17.7 Å². The van der Waals surface area contributed by atoms with Gasteiger partial charge in [0, 0.05) is 5.02 Å². The highest BCUT2D eigenvalue weighted by Crippen LogP contribution is 2.20. The van der Waals surface area contributed by atoms with Gasteiger partial charge < -0.3 is 9.47 Å². The molecule has 0 atom stereocenters. The smallest absolute Gasteiger partial charge is 0.343 e. The zero-order valence-electron chi connectivity index (χ0n) is 16.5. The van der Waals surface area contributed by atoms with Gasteiger partial charge in [0.15, 0.2) is 6.61 Å². The summed E-state index contributed by atoms with van der Waals surface area (Å²) in [6.07, 6.45) is 1.43. The van der Waals surface area contributed by atoms with Crippen molar-refractivity contribution in [3.8, 4) is 11.5 Å². The summed E-state index contributed by atoms with van der Waals surface area (Å²) in [5.74, 6) is -0.781. The van der Waals surface area contributed by atoms with E-state index in [0.29, 0.717) is 22.1 Å². The fraction of sp³-hybridized carbons (Fsp3) is 0.0870. The molecule has 0 aliphatic rings. The highest BCUT2D eigenvalue weighted by Gasteiger charge is 2.09. The number of nitrogens with zero attached hydrogens (tertiary/aromatic N) is 1. The molecule has 0 spiro atoms. The maximum atomic E-state index is 13.2. The van der Waals surface area contributed by atoms with Gasteiger partial charge >= 0.3 is 5.97 Å². The Balaban J connectivity index is 1.47. The third-order valence-electron chi connectivity index (χ3n) is 4.05. The van der Waals surface area contributed by atoms with E-state index in [9.17, 15) is 14.0 Å². The quantitative estimate of drug-likeness (QED) is 0.253. The van der Waals surface area contributed by atoms with Crippen LogP contribution in [0.1, 0.15) is 21.5 Å². The number of hydrazone groups is 1. The largest absolute Gasteiger partial charge is 0.484 e. The number of ether oxygens (including phenoxy) is 2. The van der Waals surface area contributed by atoms with E-state index in [4.69, 9.17) is 21.1 Å². The van der Waals surface area contributed by atoms with Crippen LogP contribution in [0.2, 0.25) is 5.02 Å². The van der Waals surface area contributed by atoms with Crippen LogP contribution >= 0.6 is 11.6 Å². The Hall–Kier alpha value is -3.71. The molecule has 0 saturated heterocycles. The van der Waals surface area contributed by atoms with Crippen molar-refractivity contribution in [2.24, 2.45) is 5.10 Å². The lowest BCUT2D eigenvalue weighted by Gasteiger charge is -2.06. The normalized spacial score (nSPS) is 10.7. The highest BCUT2D eigenvalue weighted by atomic mass is 35.5. The number of aryl methyl sites for hydroxylation is 1. The monoisotopic (exact) mass is 440 g/mol. The summed E-state index contributed by atoms with van der Waals surface area (Å²) in [4.78, 5) is 23.8. The van der Waals surface area contributed by atoms with Gasteiger partial charge in [-0.3, -0.25) is 4.79 Å². The van der Waals surface area contributed by atoms with Gasteiger partial charge in [-0.25, -0.2) is 14.6 Å². The number of halogens is 2. The number of esters is 1. The van der Waals surface area contributed by atoms with Gasteiger partial charge in [-0.15, -0.1) is 0 Å². The van der Waals surface area contributed by atoms with Crippen molar-refractivity contribution in [2.75, 3.05) is 6.61 Å². The third kappa shape index (κ3) is 6.65. The van der Waals surface area contributed by atoms with Crippen molar-refractivity contribution in [1.29, 1.82) is 0 Å². The molecule has 6 nitrogen and oxygen atoms in total. The first-order chi connectivity index (χ1) is 14.9. The molecule has 3 aromatic rings. The number of nitrogens with one attached hydrogen (secondary N) is 1. The molecule has 0 unspecified atom stereocenters. The maximum Gasteiger partial charge on any atom is 0.343 e. The molecule has 158 valence electrons. The van der Waals surface area contributed by atoms with Crippen molar-refractivity contribution in [2.45, 2.75) is 6.92 Å². The van der Waals surface area contributed by atoms with Crippen LogP contribution in [0.4, 0.5) is 4.39 Å². The van der Waals surface area contributed by atoms with Gasteiger partial charge in [-0.2, -0.15) is 5.10 Å². The SMILES string of the molecule is Cc1cc(OCC(=O)N/N=C\c2ccc(OC(=O)c3cccc(F)c3)cc2)ccc1Cl. The molecule has 0 bridgehead atoms. The molecule has 3 rings (SSSR count). The molecular weight excluding hydrogens is 423 g/mol. The minimum absolute atomic E-state index is 0.115. The van der Waals surface area contributed by atoms with Crippen LogP contribution in [-0.4, -0.2) is 24.7 Å². The summed E-state index contributed by atoms with van der Waals surface area (Å²) in [5.41, 5.74) is 3.99. The van der Waals surface area contributed by atoms with E-state index in [0.717, 1.165) is 11.6 Å². The van der Waals surface area contributed by atoms with Gasteiger partial charge in [0.05, 0.1) is 11.8 Å². The van der Waals surface area contributed by atoms with E-state index in [2.05, 4.69) is 10.5 Å². The summed E-state index contributed by atoms with van der Waals surface area (Å²) in [7, 11) is 0. The van der Waals surface area contributed by atoms with Crippen molar-refractivity contribution < 1.29 is 23.5 Å². The van der Waals surface area contributed by atoms with Crippen LogP contribution in [-0.2, 0) is 4.79 Å². The summed E-state index contributed by atoms with van der Waals surface area (Å²) >= 11 is 5.95. The first-order valence-corrected chi connectivity index (χ1v) is 9.57. The van der Waals surface area contributed by atoms with E-state index in [1.807, 2.05) is 6.92 Å². The number of amides is 1. The Morgan fingerprint density at radius 2 is 1.81 bits per heavy atom. The number of hydrogen-bond donors (Lipinski definition) is 1. The maximum absolute atomic E-state index is 13.2. The van der Waals surface area contributed by atoms with E-state index in [-0.39, 0.29) is 12.2 Å². The van der Waals surface area contributed by atoms with E-state index < -0.39 is 17.7 Å². The van der Waals surface area contributed by atoms with Crippen LogP contribution in [0.3, 0.4) is 0 Å². The van der Waals surface area contributed by atoms with Crippen LogP contribution in [0.25, 0.3) is 0 Å². The predicted octanol–water partition coefficient (Wildman–Crippen LogP) is 4.54. The number of benzene rings is 3. The minimum Gasteiger partial charge on any atom is -0.484 e. The Labute approximate surface area is 183 Å². The summed E-state index contributed by atoms with van der Waals surface area (Å²) in [6, 6.07) is 16.8. The molecule has 0 fully saturated rings. The summed E-state index contributed by atoms with van der Waals surface area (Å²) < 4.78 is 23.8. The second-order valence-corrected chi connectivity index (χ2v) is 6.87. The zero-order chi connectivity index (χ0) is 22.2. The van der Waals surface area contributed by atoms with E-state index in [1.165, 1.54) is 24.4 Å². The molecule has 0 aliphatic carbocycles. The van der Waals surface area contributed by atoms with Gasteiger partial charge in [0.1, 0.15) is 17.3 Å². The molecule has 1 N–H and O–H groups in total. The first-order valence-electron chi connectivity index (χ1n) is 9.19. The molecule has 0 radical (unpaired) electrons. The number of carbonyl (C=O) groups is 2. The van der Waals surface area contributed by atoms with Gasteiger partial charge in [-0.05, 0) is 78.7 Å². The van der Waals surface area contributed by atoms with Crippen LogP contribution in [0.5, 0.6) is 11.5 Å². The van der Waals surface area contributed by atoms with Crippen molar-refractivity contribution in [1.82, 2.24) is 5.43 Å². The number of hydrogen-bond acceptors (Lipinski definition) is 5. The predicted molar refractivity (Wildman–Crippen MR) is 115 cm³/mol. The first kappa shape index (κ1) is 22.0. The highest BCUT2D eigenvalue weighted by molar-refractivity contribution is 6.31. The van der Waals surface area contributed by atoms with E-state index in [1.54, 1.807) is 42.5 Å². The number of carbonyl (C=O) groups excluding carboxylic acids is 2. The molecule has 0 heterocycles. The molecule has 0 saturated carbocycles. The van der Waals surface area contributed by atoms with E-state index >= 15 is 0 Å². The van der Waals surface area contributed by atoms with Crippen molar-refractivity contribution in [3.63, 3.8) is 0 Å². The Morgan fingerprint density at radius 3 is 2.52 bits per heavy atom. The molecule has 3 aromatic carbocycles. The Kier molecular flexibility index (Phi) is 7.35. The summed E-state index contributed by atoms with van der Waals surface area (Å²) in [5, 5.41) is 4.48. The van der Waals surface area contributed by atoms with Crippen LogP contribution in [0, 0.1) is 12.7 Å². The average molecular weight is 441 g/mol. The standard InChI is InChI=1S/C23H18ClFN2O4/c1-15-11-20(9-10-21(15)24)30-14-22(28)27-26-13-16-5-7-19(8-6-16)31-23(29)17-3-2-4-18(25)12-17/h2-13H,14H2,1H3,(H,27,28)/b26-13-. The third-order valence-corrected chi connectivity index (χ3v) is 4.48. The van der Waals surface area contributed by atoms with Crippen molar-refractivity contribution in [3.05, 3.63) is 94.3 Å². The van der Waals surface area contributed by atoms with Crippen LogP contribution in [0.15, 0.2) is 71.8 Å². The lowest BCUT2D eigenvalue weighted by atomic mass is 10.2. The molecule has 1 amide bonds. The molecule has 0 aromatic heterocycles. The Morgan fingerprint density at radius 1 is 1.06 bits per heavy atom. The fourth-order valence-electron chi connectivity index (χ4n) is 2.47. The average Bonchev–Trinajstić information content (AvgIpc) is 2.76. The zero-order valence-corrected chi connectivity index (χ0v) is 17.2. The molecular formula is C23H18ClFN2O4. The van der Waals surface area contributed by atoms with Crippen LogP contribution < -0.4 is 14.9 Å². The fourth-order valence-corrected chi connectivity index (χ4v) is 2.59. The summed E-state index contributed by atoms with van der Waals surface area (Å²) in [6.45, 7) is 1.64. The van der Waals surface area contributed by atoms with Gasteiger partial charge in [0.25, 0.3) is 5.91 Å². The lowest BCUT2D eigenvalue weighted by Crippen LogP contribution is -2.24. The number of rotatable bonds is 7. The van der Waals surface area contributed by atoms with Crippen molar-refractivity contribution >= 4 is 29.7 Å². The molecule has 0 aliphatic heterocycles. The molecule has 31 heavy (non-hydrogen) atoms. The Bertz CT molecular complexity index is 1120. The second-order valence-electron chi connectivity index (χ2n) is 6.46. The van der Waals surface area contributed by atoms with Gasteiger partial charge in [0.2, 0.25) is 0 Å². The topological polar surface area (TPSA) is 77.0 Å². The lowest BCUT2D eigenvalue weighted by molar-refractivity contribution is -0.123.